The van der Waals surface area contributed by atoms with Crippen molar-refractivity contribution in [1.29, 1.82) is 0 Å². The first-order valence-corrected chi connectivity index (χ1v) is 15.8. The smallest absolute Gasteiger partial charge is 0.264 e. The third-order valence-corrected chi connectivity index (χ3v) is 9.61. The molecule has 3 aromatic rings. The Morgan fingerprint density at radius 1 is 1.02 bits per heavy atom. The van der Waals surface area contributed by atoms with Crippen molar-refractivity contribution in [3.63, 3.8) is 0 Å². The molecule has 40 heavy (non-hydrogen) atoms. The first-order chi connectivity index (χ1) is 19.0. The number of halogens is 2. The van der Waals surface area contributed by atoms with Crippen LogP contribution in [0.2, 0.25) is 5.02 Å². The number of nitrogens with zero attached hydrogens (tertiary/aromatic N) is 2. The van der Waals surface area contributed by atoms with Crippen molar-refractivity contribution in [2.24, 2.45) is 0 Å². The number of carbonyl (C=O) groups is 2. The van der Waals surface area contributed by atoms with E-state index in [-0.39, 0.29) is 23.4 Å². The van der Waals surface area contributed by atoms with E-state index in [0.717, 1.165) is 45.6 Å². The quantitative estimate of drug-likeness (QED) is 0.289. The molecule has 10 heteroatoms. The molecule has 7 nitrogen and oxygen atoms in total. The van der Waals surface area contributed by atoms with Crippen LogP contribution in [0.15, 0.2) is 82.2 Å². The van der Waals surface area contributed by atoms with Gasteiger partial charge in [0.1, 0.15) is 12.6 Å². The molecule has 1 aliphatic carbocycles. The second-order valence-electron chi connectivity index (χ2n) is 10.1. The normalized spacial score (nSPS) is 14.5. The third-order valence-electron chi connectivity index (χ3n) is 7.08. The molecule has 3 aromatic carbocycles. The third kappa shape index (κ3) is 7.44. The van der Waals surface area contributed by atoms with Gasteiger partial charge in [-0.25, -0.2) is 8.42 Å². The summed E-state index contributed by atoms with van der Waals surface area (Å²) in [5, 5.41) is 3.48. The lowest BCUT2D eigenvalue weighted by Gasteiger charge is -2.32. The minimum atomic E-state index is -4.14. The number of benzene rings is 3. The number of rotatable bonds is 10. The Labute approximate surface area is 249 Å². The van der Waals surface area contributed by atoms with Gasteiger partial charge in [-0.2, -0.15) is 0 Å². The Morgan fingerprint density at radius 3 is 2.35 bits per heavy atom. The number of hydrogen-bond donors (Lipinski definition) is 1. The van der Waals surface area contributed by atoms with Crippen molar-refractivity contribution in [3.05, 3.63) is 93.4 Å². The number of sulfonamides is 1. The van der Waals surface area contributed by atoms with Gasteiger partial charge >= 0.3 is 0 Å². The van der Waals surface area contributed by atoms with Gasteiger partial charge in [0, 0.05) is 22.1 Å². The van der Waals surface area contributed by atoms with Crippen LogP contribution in [0.5, 0.6) is 0 Å². The highest BCUT2D eigenvalue weighted by Crippen LogP contribution is 2.27. The molecular formula is C30H33BrClN3O4S. The van der Waals surface area contributed by atoms with Crippen molar-refractivity contribution < 1.29 is 18.0 Å². The van der Waals surface area contributed by atoms with Crippen molar-refractivity contribution in [3.8, 4) is 0 Å². The van der Waals surface area contributed by atoms with E-state index in [1.54, 1.807) is 25.1 Å². The van der Waals surface area contributed by atoms with Gasteiger partial charge in [0.15, 0.2) is 0 Å². The van der Waals surface area contributed by atoms with Crippen LogP contribution in [0.3, 0.4) is 0 Å². The van der Waals surface area contributed by atoms with Gasteiger partial charge in [-0.05, 0) is 86.3 Å². The minimum Gasteiger partial charge on any atom is -0.352 e. The lowest BCUT2D eigenvalue weighted by molar-refractivity contribution is -0.139. The van der Waals surface area contributed by atoms with Gasteiger partial charge in [-0.15, -0.1) is 0 Å². The van der Waals surface area contributed by atoms with Gasteiger partial charge in [-0.1, -0.05) is 64.6 Å². The molecule has 0 saturated heterocycles. The molecule has 1 unspecified atom stereocenters. The highest BCUT2D eigenvalue weighted by molar-refractivity contribution is 9.10. The Kier molecular flexibility index (Phi) is 9.92. The SMILES string of the molecule is Cc1cccc(N(CC(=O)N(Cc2cccc(Br)c2)C(C)C(=O)NC2CCCC2)S(=O)(=O)c2ccc(Cl)cc2)c1. The summed E-state index contributed by atoms with van der Waals surface area (Å²) in [6, 6.07) is 19.6. The summed E-state index contributed by atoms with van der Waals surface area (Å²) in [5.74, 6) is -0.744. The fraction of sp³-hybridized carbons (Fsp3) is 0.333. The molecule has 212 valence electrons. The average molecular weight is 647 g/mol. The van der Waals surface area contributed by atoms with Crippen LogP contribution in [0, 0.1) is 6.92 Å². The van der Waals surface area contributed by atoms with Crippen LogP contribution >= 0.6 is 27.5 Å². The number of carbonyl (C=O) groups excluding carboxylic acids is 2. The van der Waals surface area contributed by atoms with E-state index in [4.69, 9.17) is 11.6 Å². The van der Waals surface area contributed by atoms with E-state index in [1.807, 2.05) is 37.3 Å². The van der Waals surface area contributed by atoms with Crippen molar-refractivity contribution in [1.82, 2.24) is 10.2 Å². The second kappa shape index (κ2) is 13.2. The summed E-state index contributed by atoms with van der Waals surface area (Å²) in [7, 11) is -4.14. The molecule has 2 amide bonds. The maximum atomic E-state index is 14.0. The van der Waals surface area contributed by atoms with Crippen LogP contribution in [0.1, 0.15) is 43.7 Å². The van der Waals surface area contributed by atoms with Crippen LogP contribution < -0.4 is 9.62 Å². The maximum Gasteiger partial charge on any atom is 0.264 e. The molecule has 0 bridgehead atoms. The molecule has 1 fully saturated rings. The number of hydrogen-bond acceptors (Lipinski definition) is 4. The lowest BCUT2D eigenvalue weighted by Crippen LogP contribution is -2.52. The standard InChI is InChI=1S/C30H33BrClN3O4S/c1-21-7-5-12-27(17-21)35(40(38,39)28-15-13-25(32)14-16-28)20-29(36)34(19-23-8-6-9-24(31)18-23)22(2)30(37)33-26-10-3-4-11-26/h5-9,12-18,22,26H,3-4,10-11,19-20H2,1-2H3,(H,33,37). The zero-order valence-electron chi connectivity index (χ0n) is 22.5. The predicted molar refractivity (Wildman–Crippen MR) is 162 cm³/mol. The zero-order chi connectivity index (χ0) is 28.9. The van der Waals surface area contributed by atoms with Crippen LogP contribution in [0.4, 0.5) is 5.69 Å². The first-order valence-electron chi connectivity index (χ1n) is 13.2. The molecule has 1 atom stereocenters. The molecule has 1 N–H and O–H groups in total. The van der Waals surface area contributed by atoms with Crippen LogP contribution in [-0.2, 0) is 26.2 Å². The summed E-state index contributed by atoms with van der Waals surface area (Å²) in [4.78, 5) is 28.8. The maximum absolute atomic E-state index is 14.0. The average Bonchev–Trinajstić information content (AvgIpc) is 3.43. The van der Waals surface area contributed by atoms with Crippen molar-refractivity contribution in [2.75, 3.05) is 10.8 Å². The van der Waals surface area contributed by atoms with Crippen LogP contribution in [0.25, 0.3) is 0 Å². The zero-order valence-corrected chi connectivity index (χ0v) is 25.7. The Hall–Kier alpha value is -2.88. The summed E-state index contributed by atoms with van der Waals surface area (Å²) >= 11 is 9.48. The fourth-order valence-electron chi connectivity index (χ4n) is 4.85. The second-order valence-corrected chi connectivity index (χ2v) is 13.3. The van der Waals surface area contributed by atoms with Gasteiger partial charge in [0.05, 0.1) is 10.6 Å². The van der Waals surface area contributed by atoms with E-state index in [9.17, 15) is 18.0 Å². The van der Waals surface area contributed by atoms with Gasteiger partial charge in [0.25, 0.3) is 10.0 Å². The first kappa shape index (κ1) is 30.1. The molecular weight excluding hydrogens is 614 g/mol. The van der Waals surface area contributed by atoms with E-state index in [1.165, 1.54) is 29.2 Å². The molecule has 0 aromatic heterocycles. The molecule has 0 radical (unpaired) electrons. The summed E-state index contributed by atoms with van der Waals surface area (Å²) in [5.41, 5.74) is 2.01. The number of anilines is 1. The summed E-state index contributed by atoms with van der Waals surface area (Å²) in [6.07, 6.45) is 3.96. The van der Waals surface area contributed by atoms with Gasteiger partial charge in [-0.3, -0.25) is 13.9 Å². The fourth-order valence-corrected chi connectivity index (χ4v) is 6.83. The van der Waals surface area contributed by atoms with E-state index < -0.39 is 28.5 Å². The van der Waals surface area contributed by atoms with Crippen LogP contribution in [-0.4, -0.2) is 43.8 Å². The molecule has 1 aliphatic rings. The number of nitrogens with one attached hydrogen (secondary N) is 1. The minimum absolute atomic E-state index is 0.0109. The molecule has 4 rings (SSSR count). The predicted octanol–water partition coefficient (Wildman–Crippen LogP) is 6.08. The molecule has 0 aliphatic heterocycles. The summed E-state index contributed by atoms with van der Waals surface area (Å²) in [6.45, 7) is 3.20. The highest BCUT2D eigenvalue weighted by atomic mass is 79.9. The lowest BCUT2D eigenvalue weighted by atomic mass is 10.1. The van der Waals surface area contributed by atoms with Crippen molar-refractivity contribution in [2.45, 2.75) is 63.1 Å². The van der Waals surface area contributed by atoms with E-state index in [2.05, 4.69) is 21.2 Å². The number of aryl methyl sites for hydroxylation is 1. The van der Waals surface area contributed by atoms with Gasteiger partial charge < -0.3 is 10.2 Å². The molecule has 0 spiro atoms. The van der Waals surface area contributed by atoms with Gasteiger partial charge in [0.2, 0.25) is 11.8 Å². The largest absolute Gasteiger partial charge is 0.352 e. The number of amides is 2. The topological polar surface area (TPSA) is 86.8 Å². The highest BCUT2D eigenvalue weighted by Gasteiger charge is 2.33. The molecule has 1 saturated carbocycles. The monoisotopic (exact) mass is 645 g/mol. The van der Waals surface area contributed by atoms with E-state index in [0.29, 0.717) is 10.7 Å². The Bertz CT molecular complexity index is 1460. The molecule has 0 heterocycles. The summed E-state index contributed by atoms with van der Waals surface area (Å²) < 4.78 is 29.7. The Balaban J connectivity index is 1.69. The van der Waals surface area contributed by atoms with E-state index >= 15 is 0 Å². The Morgan fingerprint density at radius 2 is 1.70 bits per heavy atom. The van der Waals surface area contributed by atoms with Crippen molar-refractivity contribution >= 4 is 55.1 Å².